The lowest BCUT2D eigenvalue weighted by Gasteiger charge is -2.40. The molecule has 2 heterocycles. The monoisotopic (exact) mass is 312 g/mol. The van der Waals surface area contributed by atoms with Crippen molar-refractivity contribution in [2.45, 2.75) is 51.6 Å². The average Bonchev–Trinajstić information content (AvgIpc) is 2.90. The number of aromatic nitrogens is 2. The quantitative estimate of drug-likeness (QED) is 0.904. The highest BCUT2D eigenvalue weighted by Crippen LogP contribution is 2.29. The molecule has 1 N–H and O–H groups in total. The van der Waals surface area contributed by atoms with Crippen LogP contribution in [0.3, 0.4) is 0 Å². The highest BCUT2D eigenvalue weighted by Gasteiger charge is 2.40. The Morgan fingerprint density at radius 3 is 2.67 bits per heavy atom. The summed E-state index contributed by atoms with van der Waals surface area (Å²) in [7, 11) is 0. The standard InChI is InChI=1S/C13H20N4O3S/c1-13(2,3)17(11-15-14-8-21-11)10(18)9-6-4-5-7-16(9)12(19)20/h8-9H,4-7H2,1-3H3,(H,19,20). The summed E-state index contributed by atoms with van der Waals surface area (Å²) in [6.45, 7) is 6.11. The van der Waals surface area contributed by atoms with Crippen LogP contribution in [0.15, 0.2) is 5.51 Å². The van der Waals surface area contributed by atoms with Crippen molar-refractivity contribution >= 4 is 28.5 Å². The molecule has 1 aromatic rings. The second-order valence-electron chi connectivity index (χ2n) is 6.05. The van der Waals surface area contributed by atoms with Gasteiger partial charge in [-0.15, -0.1) is 10.2 Å². The molecule has 2 amide bonds. The van der Waals surface area contributed by atoms with E-state index in [-0.39, 0.29) is 5.91 Å². The highest BCUT2D eigenvalue weighted by molar-refractivity contribution is 7.13. The van der Waals surface area contributed by atoms with Crippen molar-refractivity contribution in [2.75, 3.05) is 11.4 Å². The topological polar surface area (TPSA) is 86.6 Å². The van der Waals surface area contributed by atoms with E-state index < -0.39 is 17.7 Å². The molecule has 116 valence electrons. The number of likely N-dealkylation sites (tertiary alicyclic amines) is 1. The first kappa shape index (κ1) is 15.7. The van der Waals surface area contributed by atoms with E-state index in [9.17, 15) is 14.7 Å². The van der Waals surface area contributed by atoms with Gasteiger partial charge in [0.1, 0.15) is 11.6 Å². The Hall–Kier alpha value is -1.70. The van der Waals surface area contributed by atoms with Crippen molar-refractivity contribution in [1.82, 2.24) is 15.1 Å². The summed E-state index contributed by atoms with van der Waals surface area (Å²) in [5.41, 5.74) is 1.08. The maximum absolute atomic E-state index is 12.9. The molecule has 0 bridgehead atoms. The van der Waals surface area contributed by atoms with E-state index in [1.807, 2.05) is 20.8 Å². The zero-order valence-electron chi connectivity index (χ0n) is 12.4. The molecule has 1 fully saturated rings. The largest absolute Gasteiger partial charge is 0.465 e. The fourth-order valence-electron chi connectivity index (χ4n) is 2.54. The first-order valence-electron chi connectivity index (χ1n) is 6.92. The van der Waals surface area contributed by atoms with Gasteiger partial charge in [-0.05, 0) is 40.0 Å². The summed E-state index contributed by atoms with van der Waals surface area (Å²) in [5, 5.41) is 17.6. The molecule has 0 spiro atoms. The molecule has 21 heavy (non-hydrogen) atoms. The van der Waals surface area contributed by atoms with Gasteiger partial charge in [-0.2, -0.15) is 0 Å². The number of carbonyl (C=O) groups is 2. The molecule has 1 atom stereocenters. The minimum absolute atomic E-state index is 0.221. The van der Waals surface area contributed by atoms with Crippen LogP contribution in [0.4, 0.5) is 9.93 Å². The van der Waals surface area contributed by atoms with Crippen LogP contribution in [0.1, 0.15) is 40.0 Å². The second-order valence-corrected chi connectivity index (χ2v) is 6.86. The van der Waals surface area contributed by atoms with E-state index in [0.29, 0.717) is 18.1 Å². The molecular weight excluding hydrogens is 292 g/mol. The molecule has 0 aromatic carbocycles. The summed E-state index contributed by atoms with van der Waals surface area (Å²) < 4.78 is 0. The first-order valence-corrected chi connectivity index (χ1v) is 7.80. The van der Waals surface area contributed by atoms with Gasteiger partial charge in [0, 0.05) is 12.1 Å². The second kappa shape index (κ2) is 5.97. The highest BCUT2D eigenvalue weighted by atomic mass is 32.1. The number of nitrogens with zero attached hydrogens (tertiary/aromatic N) is 4. The molecule has 7 nitrogen and oxygen atoms in total. The fourth-order valence-corrected chi connectivity index (χ4v) is 3.29. The van der Waals surface area contributed by atoms with Crippen molar-refractivity contribution in [1.29, 1.82) is 0 Å². The van der Waals surface area contributed by atoms with E-state index in [0.717, 1.165) is 12.8 Å². The van der Waals surface area contributed by atoms with E-state index in [1.54, 1.807) is 10.4 Å². The van der Waals surface area contributed by atoms with Gasteiger partial charge < -0.3 is 5.11 Å². The van der Waals surface area contributed by atoms with E-state index in [4.69, 9.17) is 0 Å². The lowest BCUT2D eigenvalue weighted by molar-refractivity contribution is -0.125. The van der Waals surface area contributed by atoms with E-state index in [2.05, 4.69) is 10.2 Å². The zero-order valence-corrected chi connectivity index (χ0v) is 13.3. The van der Waals surface area contributed by atoms with Gasteiger partial charge in [0.05, 0.1) is 0 Å². The Morgan fingerprint density at radius 1 is 1.43 bits per heavy atom. The number of amides is 2. The van der Waals surface area contributed by atoms with Crippen LogP contribution in [0.5, 0.6) is 0 Å². The van der Waals surface area contributed by atoms with Gasteiger partial charge in [-0.25, -0.2) is 4.79 Å². The SMILES string of the molecule is CC(C)(C)N(C(=O)C1CCCCN1C(=O)O)c1nncs1. The van der Waals surface area contributed by atoms with Crippen LogP contribution in [-0.2, 0) is 4.79 Å². The Balaban J connectivity index is 2.31. The number of anilines is 1. The number of carboxylic acid groups (broad SMARTS) is 1. The third-order valence-corrected chi connectivity index (χ3v) is 4.14. The van der Waals surface area contributed by atoms with Crippen molar-refractivity contribution in [3.05, 3.63) is 5.51 Å². The van der Waals surface area contributed by atoms with Gasteiger partial charge >= 0.3 is 6.09 Å². The summed E-state index contributed by atoms with van der Waals surface area (Å²) >= 11 is 1.28. The van der Waals surface area contributed by atoms with Crippen LogP contribution >= 0.6 is 11.3 Å². The Labute approximate surface area is 127 Å². The third kappa shape index (κ3) is 3.31. The van der Waals surface area contributed by atoms with Gasteiger partial charge in [0.15, 0.2) is 0 Å². The minimum Gasteiger partial charge on any atom is -0.465 e. The summed E-state index contributed by atoms with van der Waals surface area (Å²) in [4.78, 5) is 27.1. The lowest BCUT2D eigenvalue weighted by atomic mass is 9.98. The normalized spacial score (nSPS) is 19.4. The Kier molecular flexibility index (Phi) is 4.46. The molecule has 0 radical (unpaired) electrons. The van der Waals surface area contributed by atoms with Gasteiger partial charge in [0.25, 0.3) is 5.91 Å². The van der Waals surface area contributed by atoms with Crippen molar-refractivity contribution < 1.29 is 14.7 Å². The van der Waals surface area contributed by atoms with Crippen molar-refractivity contribution in [3.63, 3.8) is 0 Å². The zero-order chi connectivity index (χ0) is 15.6. The van der Waals surface area contributed by atoms with Crippen molar-refractivity contribution in [2.24, 2.45) is 0 Å². The third-order valence-electron chi connectivity index (χ3n) is 3.46. The number of piperidine rings is 1. The molecule has 0 aliphatic carbocycles. The first-order chi connectivity index (χ1) is 9.82. The number of hydrogen-bond acceptors (Lipinski definition) is 5. The van der Waals surface area contributed by atoms with Crippen LogP contribution in [0, 0.1) is 0 Å². The molecule has 1 aliphatic heterocycles. The van der Waals surface area contributed by atoms with Crippen LogP contribution < -0.4 is 4.90 Å². The molecule has 2 rings (SSSR count). The predicted octanol–water partition coefficient (Wildman–Crippen LogP) is 2.20. The molecule has 0 saturated carbocycles. The number of rotatable bonds is 2. The average molecular weight is 312 g/mol. The maximum atomic E-state index is 12.9. The predicted molar refractivity (Wildman–Crippen MR) is 79.5 cm³/mol. The summed E-state index contributed by atoms with van der Waals surface area (Å²) in [6, 6.07) is -0.639. The van der Waals surface area contributed by atoms with Gasteiger partial charge in [0.2, 0.25) is 5.13 Å². The lowest BCUT2D eigenvalue weighted by Crippen LogP contribution is -2.57. The van der Waals surface area contributed by atoms with Crippen LogP contribution in [0.2, 0.25) is 0 Å². The fraction of sp³-hybridized carbons (Fsp3) is 0.692. The number of hydrogen-bond donors (Lipinski definition) is 1. The van der Waals surface area contributed by atoms with Crippen molar-refractivity contribution in [3.8, 4) is 0 Å². The maximum Gasteiger partial charge on any atom is 0.407 e. The number of carbonyl (C=O) groups excluding carboxylic acids is 1. The smallest absolute Gasteiger partial charge is 0.407 e. The Morgan fingerprint density at radius 2 is 2.14 bits per heavy atom. The molecule has 1 aliphatic rings. The molecular formula is C13H20N4O3S. The summed E-state index contributed by atoms with van der Waals surface area (Å²) in [5.74, 6) is -0.221. The molecule has 1 saturated heterocycles. The van der Waals surface area contributed by atoms with Crippen LogP contribution in [-0.4, -0.2) is 50.3 Å². The molecule has 1 unspecified atom stereocenters. The molecule has 1 aromatic heterocycles. The molecule has 8 heteroatoms. The van der Waals surface area contributed by atoms with Gasteiger partial charge in [-0.3, -0.25) is 14.6 Å². The van der Waals surface area contributed by atoms with E-state index >= 15 is 0 Å². The summed E-state index contributed by atoms with van der Waals surface area (Å²) in [6.07, 6.45) is 1.16. The minimum atomic E-state index is -1.04. The Bertz CT molecular complexity index is 512. The van der Waals surface area contributed by atoms with E-state index in [1.165, 1.54) is 16.2 Å². The van der Waals surface area contributed by atoms with Crippen LogP contribution in [0.25, 0.3) is 0 Å². The van der Waals surface area contributed by atoms with Gasteiger partial charge in [-0.1, -0.05) is 11.3 Å².